The summed E-state index contributed by atoms with van der Waals surface area (Å²) in [7, 11) is 0. The number of ether oxygens (including phenoxy) is 2. The Bertz CT molecular complexity index is 908. The zero-order chi connectivity index (χ0) is 24.0. The number of rotatable bonds is 3. The minimum Gasteiger partial charge on any atom is -0.466 e. The van der Waals surface area contributed by atoms with E-state index in [2.05, 4.69) is 0 Å². The lowest BCUT2D eigenvalue weighted by Crippen LogP contribution is -2.65. The van der Waals surface area contributed by atoms with Crippen LogP contribution >= 0.6 is 0 Å². The molecule has 4 rings (SSSR count). The number of fused-ring (bicyclic) bond motifs is 5. The van der Waals surface area contributed by atoms with Crippen LogP contribution in [0.4, 0.5) is 0 Å². The van der Waals surface area contributed by atoms with E-state index in [4.69, 9.17) is 9.47 Å². The second kappa shape index (κ2) is 6.87. The van der Waals surface area contributed by atoms with E-state index in [0.717, 1.165) is 0 Å². The summed E-state index contributed by atoms with van der Waals surface area (Å²) in [4.78, 5) is 36.6. The fraction of sp³-hybridized carbons (Fsp3) is 0.792. The SMILES string of the molecule is CC(=O)OCC1C[C@H]2[C@@H]3C(C)(C)[C@]3(OC(C)=O)[C@H](O)[C@@H](C)[C@]2(O)[C@@H]2C=C(C)C(=O)[C@@]2(O)C1. The van der Waals surface area contributed by atoms with Crippen LogP contribution in [-0.2, 0) is 23.9 Å². The largest absolute Gasteiger partial charge is 0.466 e. The van der Waals surface area contributed by atoms with Crippen LogP contribution in [0.25, 0.3) is 0 Å². The van der Waals surface area contributed by atoms with Crippen LogP contribution in [0.3, 0.4) is 0 Å². The molecule has 1 unspecified atom stereocenters. The van der Waals surface area contributed by atoms with Gasteiger partial charge in [-0.3, -0.25) is 14.4 Å². The summed E-state index contributed by atoms with van der Waals surface area (Å²) in [6.45, 7) is 9.71. The van der Waals surface area contributed by atoms with Crippen molar-refractivity contribution in [1.82, 2.24) is 0 Å². The van der Waals surface area contributed by atoms with E-state index in [1.165, 1.54) is 13.8 Å². The van der Waals surface area contributed by atoms with E-state index < -0.39 is 63.8 Å². The highest BCUT2D eigenvalue weighted by Gasteiger charge is 2.87. The molecule has 4 aliphatic rings. The Kier molecular flexibility index (Phi) is 5.02. The number of carbonyl (C=O) groups excluding carboxylic acids is 3. The lowest BCUT2D eigenvalue weighted by atomic mass is 9.58. The summed E-state index contributed by atoms with van der Waals surface area (Å²) in [5, 5.41) is 35.3. The molecular weight excluding hydrogens is 416 g/mol. The van der Waals surface area contributed by atoms with Gasteiger partial charge in [-0.25, -0.2) is 0 Å². The van der Waals surface area contributed by atoms with Gasteiger partial charge in [0.15, 0.2) is 5.78 Å². The highest BCUT2D eigenvalue weighted by Crippen LogP contribution is 2.77. The van der Waals surface area contributed by atoms with Crippen LogP contribution in [-0.4, -0.2) is 62.6 Å². The number of carbonyl (C=O) groups is 3. The molecule has 3 fully saturated rings. The van der Waals surface area contributed by atoms with Gasteiger partial charge in [-0.2, -0.15) is 0 Å². The Morgan fingerprint density at radius 3 is 2.38 bits per heavy atom. The third-order valence-electron chi connectivity index (χ3n) is 9.00. The number of aliphatic hydroxyl groups is 3. The van der Waals surface area contributed by atoms with Crippen molar-refractivity contribution in [3.63, 3.8) is 0 Å². The zero-order valence-electron chi connectivity index (χ0n) is 19.5. The molecule has 3 saturated carbocycles. The lowest BCUT2D eigenvalue weighted by Gasteiger charge is -2.52. The predicted molar refractivity (Wildman–Crippen MR) is 112 cm³/mol. The molecule has 0 aliphatic heterocycles. The summed E-state index contributed by atoms with van der Waals surface area (Å²) < 4.78 is 11.0. The Hall–Kier alpha value is -1.77. The average molecular weight is 451 g/mol. The fourth-order valence-corrected chi connectivity index (χ4v) is 7.65. The highest BCUT2D eigenvalue weighted by molar-refractivity contribution is 6.04. The maximum absolute atomic E-state index is 13.1. The standard InChI is InChI=1S/C24H34O8/c1-11-7-17-22(29,19(11)27)9-15(10-31-13(3)25)8-16-18-21(5,6)24(18,32-14(4)26)20(28)12(2)23(16,17)30/h7,12,15-18,20,28-30H,8-10H2,1-6H3/t12-,15?,16+,17-,18-,20-,22-,23-,24-/m1/s1. The first-order valence-electron chi connectivity index (χ1n) is 11.3. The molecule has 3 N–H and O–H groups in total. The summed E-state index contributed by atoms with van der Waals surface area (Å²) in [5.41, 5.74) is -4.89. The number of esters is 2. The summed E-state index contributed by atoms with van der Waals surface area (Å²) in [6, 6.07) is 0. The summed E-state index contributed by atoms with van der Waals surface area (Å²) in [6.07, 6.45) is 0.844. The van der Waals surface area contributed by atoms with Gasteiger partial charge in [0.1, 0.15) is 11.2 Å². The number of aliphatic hydroxyl groups excluding tert-OH is 1. The molecule has 0 spiro atoms. The molecule has 0 aromatic rings. The van der Waals surface area contributed by atoms with Crippen molar-refractivity contribution in [3.8, 4) is 0 Å². The first-order chi connectivity index (χ1) is 14.7. The quantitative estimate of drug-likeness (QED) is 0.546. The minimum atomic E-state index is -1.85. The van der Waals surface area contributed by atoms with Crippen molar-refractivity contribution in [1.29, 1.82) is 0 Å². The molecular formula is C24H34O8. The molecule has 178 valence electrons. The molecule has 0 saturated heterocycles. The number of hydrogen-bond donors (Lipinski definition) is 3. The third-order valence-corrected chi connectivity index (χ3v) is 9.00. The maximum Gasteiger partial charge on any atom is 0.303 e. The Labute approximate surface area is 188 Å². The van der Waals surface area contributed by atoms with Crippen LogP contribution in [0.15, 0.2) is 11.6 Å². The Morgan fingerprint density at radius 1 is 1.19 bits per heavy atom. The molecule has 9 atom stereocenters. The molecule has 0 bridgehead atoms. The van der Waals surface area contributed by atoms with Gasteiger partial charge in [0.25, 0.3) is 0 Å². The van der Waals surface area contributed by atoms with Gasteiger partial charge in [-0.05, 0) is 37.2 Å². The number of hydrogen-bond acceptors (Lipinski definition) is 8. The minimum absolute atomic E-state index is 0.00786. The van der Waals surface area contributed by atoms with Crippen molar-refractivity contribution in [2.75, 3.05) is 6.61 Å². The monoisotopic (exact) mass is 450 g/mol. The fourth-order valence-electron chi connectivity index (χ4n) is 7.65. The van der Waals surface area contributed by atoms with Crippen molar-refractivity contribution >= 4 is 17.7 Å². The van der Waals surface area contributed by atoms with E-state index in [1.54, 1.807) is 19.9 Å². The van der Waals surface area contributed by atoms with E-state index in [1.807, 2.05) is 13.8 Å². The van der Waals surface area contributed by atoms with Crippen LogP contribution in [0.2, 0.25) is 0 Å². The van der Waals surface area contributed by atoms with Gasteiger partial charge in [0.2, 0.25) is 0 Å². The van der Waals surface area contributed by atoms with Crippen molar-refractivity contribution in [3.05, 3.63) is 11.6 Å². The molecule has 4 aliphatic carbocycles. The van der Waals surface area contributed by atoms with Gasteiger partial charge in [0.05, 0.1) is 18.3 Å². The molecule has 8 nitrogen and oxygen atoms in total. The van der Waals surface area contributed by atoms with Crippen molar-refractivity contribution in [2.24, 2.45) is 35.0 Å². The van der Waals surface area contributed by atoms with E-state index >= 15 is 0 Å². The highest BCUT2D eigenvalue weighted by atomic mass is 16.6. The molecule has 0 aromatic carbocycles. The van der Waals surface area contributed by atoms with Crippen LogP contribution in [0, 0.1) is 35.0 Å². The lowest BCUT2D eigenvalue weighted by molar-refractivity contribution is -0.224. The molecule has 0 heterocycles. The van der Waals surface area contributed by atoms with Gasteiger partial charge >= 0.3 is 11.9 Å². The number of Topliss-reactive ketones (excluding diaryl/α,β-unsaturated/α-hetero) is 1. The number of ketones is 1. The topological polar surface area (TPSA) is 130 Å². The summed E-state index contributed by atoms with van der Waals surface area (Å²) in [5.74, 6) is -4.40. The Balaban J connectivity index is 1.86. The second-order valence-corrected chi connectivity index (χ2v) is 11.0. The normalized spacial score (nSPS) is 48.5. The van der Waals surface area contributed by atoms with E-state index in [-0.39, 0.29) is 24.9 Å². The second-order valence-electron chi connectivity index (χ2n) is 11.0. The van der Waals surface area contributed by atoms with Crippen LogP contribution in [0.1, 0.15) is 54.4 Å². The van der Waals surface area contributed by atoms with Gasteiger partial charge in [0, 0.05) is 37.0 Å². The molecule has 0 radical (unpaired) electrons. The van der Waals surface area contributed by atoms with Crippen molar-refractivity contribution in [2.45, 2.75) is 77.3 Å². The predicted octanol–water partition coefficient (Wildman–Crippen LogP) is 1.15. The van der Waals surface area contributed by atoms with Gasteiger partial charge in [-0.15, -0.1) is 0 Å². The molecule has 0 amide bonds. The van der Waals surface area contributed by atoms with E-state index in [9.17, 15) is 29.7 Å². The van der Waals surface area contributed by atoms with Crippen LogP contribution in [0.5, 0.6) is 0 Å². The first kappa shape index (κ1) is 23.4. The summed E-state index contributed by atoms with van der Waals surface area (Å²) >= 11 is 0. The van der Waals surface area contributed by atoms with Gasteiger partial charge in [-0.1, -0.05) is 26.8 Å². The van der Waals surface area contributed by atoms with Crippen molar-refractivity contribution < 1.29 is 39.2 Å². The third kappa shape index (κ3) is 2.69. The maximum atomic E-state index is 13.1. The molecule has 32 heavy (non-hydrogen) atoms. The van der Waals surface area contributed by atoms with Gasteiger partial charge < -0.3 is 24.8 Å². The van der Waals surface area contributed by atoms with Crippen LogP contribution < -0.4 is 0 Å². The molecule has 8 heteroatoms. The average Bonchev–Trinajstić information content (AvgIpc) is 3.11. The molecule has 0 aromatic heterocycles. The smallest absolute Gasteiger partial charge is 0.303 e. The first-order valence-corrected chi connectivity index (χ1v) is 11.3. The zero-order valence-corrected chi connectivity index (χ0v) is 19.5. The van der Waals surface area contributed by atoms with E-state index in [0.29, 0.717) is 12.0 Å². The Morgan fingerprint density at radius 2 is 1.81 bits per heavy atom.